The minimum Gasteiger partial charge on any atom is -0.339 e. The molecule has 4 nitrogen and oxygen atoms in total. The third kappa shape index (κ3) is 3.45. The number of nitrogens with one attached hydrogen (secondary N) is 1. The van der Waals surface area contributed by atoms with Crippen LogP contribution in [0.3, 0.4) is 0 Å². The Morgan fingerprint density at radius 1 is 1.10 bits per heavy atom. The van der Waals surface area contributed by atoms with E-state index in [0.29, 0.717) is 17.2 Å². The van der Waals surface area contributed by atoms with Gasteiger partial charge in [0, 0.05) is 11.7 Å². The molecule has 0 saturated heterocycles. The molecule has 106 valence electrons. The van der Waals surface area contributed by atoms with Crippen molar-refractivity contribution in [3.63, 3.8) is 0 Å². The van der Waals surface area contributed by atoms with E-state index in [-0.39, 0.29) is 6.04 Å². The van der Waals surface area contributed by atoms with E-state index in [4.69, 9.17) is 5.73 Å². The molecule has 0 bridgehead atoms. The third-order valence-electron chi connectivity index (χ3n) is 2.62. The van der Waals surface area contributed by atoms with Gasteiger partial charge in [0.1, 0.15) is 5.82 Å². The summed E-state index contributed by atoms with van der Waals surface area (Å²) in [5, 5.41) is 2.87. The van der Waals surface area contributed by atoms with Crippen molar-refractivity contribution in [1.82, 2.24) is 9.97 Å². The molecule has 0 aliphatic carbocycles. The van der Waals surface area contributed by atoms with Gasteiger partial charge in [0.15, 0.2) is 0 Å². The predicted molar refractivity (Wildman–Crippen MR) is 69.4 cm³/mol. The van der Waals surface area contributed by atoms with Gasteiger partial charge in [0.05, 0.1) is 23.7 Å². The molecular weight excluding hydrogens is 269 g/mol. The Bertz CT molecular complexity index is 562. The molecule has 20 heavy (non-hydrogen) atoms. The van der Waals surface area contributed by atoms with Crippen LogP contribution in [0.4, 0.5) is 24.7 Å². The van der Waals surface area contributed by atoms with E-state index < -0.39 is 11.7 Å². The van der Waals surface area contributed by atoms with Gasteiger partial charge in [0.25, 0.3) is 0 Å². The van der Waals surface area contributed by atoms with Gasteiger partial charge in [0.2, 0.25) is 0 Å². The van der Waals surface area contributed by atoms with Gasteiger partial charge < -0.3 is 11.1 Å². The van der Waals surface area contributed by atoms with E-state index in [1.807, 2.05) is 0 Å². The van der Waals surface area contributed by atoms with E-state index in [1.165, 1.54) is 24.5 Å². The van der Waals surface area contributed by atoms with Crippen LogP contribution in [-0.4, -0.2) is 9.97 Å². The van der Waals surface area contributed by atoms with Crippen LogP contribution in [0.5, 0.6) is 0 Å². The smallest absolute Gasteiger partial charge is 0.339 e. The van der Waals surface area contributed by atoms with E-state index in [2.05, 4.69) is 15.3 Å². The number of halogens is 3. The van der Waals surface area contributed by atoms with Gasteiger partial charge in [-0.05, 0) is 31.2 Å². The number of alkyl halides is 3. The van der Waals surface area contributed by atoms with Crippen molar-refractivity contribution in [1.29, 1.82) is 0 Å². The van der Waals surface area contributed by atoms with Crippen molar-refractivity contribution < 1.29 is 13.2 Å². The maximum atomic E-state index is 12.4. The number of hydrogen-bond acceptors (Lipinski definition) is 4. The third-order valence-corrected chi connectivity index (χ3v) is 2.62. The largest absolute Gasteiger partial charge is 0.416 e. The molecular formula is C13H13F3N4. The molecule has 0 spiro atoms. The fourth-order valence-electron chi connectivity index (χ4n) is 1.53. The highest BCUT2D eigenvalue weighted by molar-refractivity contribution is 5.55. The number of aromatic nitrogens is 2. The standard InChI is InChI=1S/C13H13F3N4/c1-8(17)11-6-19-12(7-18-11)20-10-4-2-9(3-5-10)13(14,15)16/h2-8H,17H2,1H3,(H,19,20)/t8-/m0/s1. The Morgan fingerprint density at radius 3 is 2.20 bits per heavy atom. The zero-order valence-electron chi connectivity index (χ0n) is 10.6. The van der Waals surface area contributed by atoms with Crippen LogP contribution in [0.15, 0.2) is 36.7 Å². The molecule has 1 heterocycles. The lowest BCUT2D eigenvalue weighted by Gasteiger charge is -2.09. The number of rotatable bonds is 3. The molecule has 2 rings (SSSR count). The summed E-state index contributed by atoms with van der Waals surface area (Å²) < 4.78 is 37.2. The summed E-state index contributed by atoms with van der Waals surface area (Å²) in [4.78, 5) is 8.19. The topological polar surface area (TPSA) is 63.8 Å². The van der Waals surface area contributed by atoms with Gasteiger partial charge in [-0.2, -0.15) is 13.2 Å². The SMILES string of the molecule is C[C@H](N)c1cnc(Nc2ccc(C(F)(F)F)cc2)cn1. The zero-order valence-corrected chi connectivity index (χ0v) is 10.6. The fraction of sp³-hybridized carbons (Fsp3) is 0.231. The normalized spacial score (nSPS) is 13.1. The van der Waals surface area contributed by atoms with E-state index in [1.54, 1.807) is 6.92 Å². The van der Waals surface area contributed by atoms with Gasteiger partial charge in [-0.25, -0.2) is 4.98 Å². The summed E-state index contributed by atoms with van der Waals surface area (Å²) in [7, 11) is 0. The van der Waals surface area contributed by atoms with Gasteiger partial charge in [-0.1, -0.05) is 0 Å². The van der Waals surface area contributed by atoms with Crippen molar-refractivity contribution in [2.24, 2.45) is 5.73 Å². The lowest BCUT2D eigenvalue weighted by molar-refractivity contribution is -0.137. The first-order valence-electron chi connectivity index (χ1n) is 5.88. The summed E-state index contributed by atoms with van der Waals surface area (Å²) in [6.45, 7) is 1.78. The summed E-state index contributed by atoms with van der Waals surface area (Å²) in [5.74, 6) is 0.439. The maximum Gasteiger partial charge on any atom is 0.416 e. The summed E-state index contributed by atoms with van der Waals surface area (Å²) >= 11 is 0. The molecule has 1 aromatic heterocycles. The van der Waals surface area contributed by atoms with Crippen LogP contribution in [0, 0.1) is 0 Å². The Morgan fingerprint density at radius 2 is 1.75 bits per heavy atom. The fourth-order valence-corrected chi connectivity index (χ4v) is 1.53. The van der Waals surface area contributed by atoms with E-state index >= 15 is 0 Å². The number of nitrogens with zero attached hydrogens (tertiary/aromatic N) is 2. The van der Waals surface area contributed by atoms with Crippen molar-refractivity contribution >= 4 is 11.5 Å². The van der Waals surface area contributed by atoms with Crippen LogP contribution in [-0.2, 0) is 6.18 Å². The van der Waals surface area contributed by atoms with Crippen molar-refractivity contribution in [3.8, 4) is 0 Å². The second-order valence-electron chi connectivity index (χ2n) is 4.32. The molecule has 3 N–H and O–H groups in total. The Balaban J connectivity index is 2.10. The highest BCUT2D eigenvalue weighted by Crippen LogP contribution is 2.30. The lowest BCUT2D eigenvalue weighted by Crippen LogP contribution is -2.08. The van der Waals surface area contributed by atoms with Crippen LogP contribution in [0.2, 0.25) is 0 Å². The van der Waals surface area contributed by atoms with Crippen LogP contribution in [0.25, 0.3) is 0 Å². The molecule has 0 unspecified atom stereocenters. The van der Waals surface area contributed by atoms with Crippen LogP contribution < -0.4 is 11.1 Å². The summed E-state index contributed by atoms with van der Waals surface area (Å²) in [6.07, 6.45) is -1.33. The molecule has 0 amide bonds. The van der Waals surface area contributed by atoms with Gasteiger partial charge in [-0.3, -0.25) is 4.98 Å². The number of hydrogen-bond donors (Lipinski definition) is 2. The molecule has 0 saturated carbocycles. The first-order chi connectivity index (χ1) is 9.36. The molecule has 1 aromatic carbocycles. The molecule has 0 aliphatic heterocycles. The average Bonchev–Trinajstić information content (AvgIpc) is 2.39. The minimum absolute atomic E-state index is 0.220. The molecule has 0 fully saturated rings. The molecule has 1 atom stereocenters. The van der Waals surface area contributed by atoms with Gasteiger partial charge in [-0.15, -0.1) is 0 Å². The molecule has 0 radical (unpaired) electrons. The average molecular weight is 282 g/mol. The van der Waals surface area contributed by atoms with Crippen LogP contribution in [0.1, 0.15) is 24.2 Å². The first-order valence-corrected chi connectivity index (χ1v) is 5.88. The highest BCUT2D eigenvalue weighted by atomic mass is 19.4. The van der Waals surface area contributed by atoms with Crippen LogP contribution >= 0.6 is 0 Å². The van der Waals surface area contributed by atoms with Crippen molar-refractivity contribution in [3.05, 3.63) is 47.9 Å². The second-order valence-corrected chi connectivity index (χ2v) is 4.32. The first kappa shape index (κ1) is 14.3. The van der Waals surface area contributed by atoms with Crippen molar-refractivity contribution in [2.75, 3.05) is 5.32 Å². The Hall–Kier alpha value is -2.15. The van der Waals surface area contributed by atoms with E-state index in [9.17, 15) is 13.2 Å². The monoisotopic (exact) mass is 282 g/mol. The second kappa shape index (κ2) is 5.46. The molecule has 2 aromatic rings. The Labute approximate surface area is 113 Å². The summed E-state index contributed by atoms with van der Waals surface area (Å²) in [6, 6.07) is 4.47. The number of nitrogens with two attached hydrogens (primary N) is 1. The quantitative estimate of drug-likeness (QED) is 0.907. The van der Waals surface area contributed by atoms with Gasteiger partial charge >= 0.3 is 6.18 Å². The summed E-state index contributed by atoms with van der Waals surface area (Å²) in [5.41, 5.74) is 6.09. The highest BCUT2D eigenvalue weighted by Gasteiger charge is 2.29. The van der Waals surface area contributed by atoms with E-state index in [0.717, 1.165) is 12.1 Å². The number of anilines is 2. The molecule has 7 heteroatoms. The van der Waals surface area contributed by atoms with Crippen molar-refractivity contribution in [2.45, 2.75) is 19.1 Å². The maximum absolute atomic E-state index is 12.4. The zero-order chi connectivity index (χ0) is 14.8. The minimum atomic E-state index is -4.34. The molecule has 0 aliphatic rings. The number of benzene rings is 1. The Kier molecular flexibility index (Phi) is 3.89. The lowest BCUT2D eigenvalue weighted by atomic mass is 10.2. The predicted octanol–water partition coefficient (Wildman–Crippen LogP) is 3.26.